The number of rotatable bonds is 1. The lowest BCUT2D eigenvalue weighted by molar-refractivity contribution is -0.132. The molecule has 0 radical (unpaired) electrons. The highest BCUT2D eigenvalue weighted by Crippen LogP contribution is 2.32. The molecule has 6 heteroatoms. The van der Waals surface area contributed by atoms with Crippen LogP contribution in [0.3, 0.4) is 0 Å². The molecule has 2 amide bonds. The van der Waals surface area contributed by atoms with Gasteiger partial charge >= 0.3 is 0 Å². The summed E-state index contributed by atoms with van der Waals surface area (Å²) in [6, 6.07) is -0.542. The SMILES string of the molecule is CC1(C)CSSC[C@@H](C(N)=O)NC1=O. The van der Waals surface area contributed by atoms with Gasteiger partial charge in [0, 0.05) is 11.5 Å². The number of hydrogen-bond donors (Lipinski definition) is 2. The number of nitrogens with one attached hydrogen (secondary N) is 1. The Labute approximate surface area is 91.1 Å². The predicted octanol–water partition coefficient (Wildman–Crippen LogP) is 0.378. The maximum atomic E-state index is 11.7. The quantitative estimate of drug-likeness (QED) is 0.643. The van der Waals surface area contributed by atoms with Gasteiger partial charge in [-0.1, -0.05) is 35.4 Å². The molecule has 1 atom stereocenters. The van der Waals surface area contributed by atoms with Crippen LogP contribution in [0, 0.1) is 5.41 Å². The Morgan fingerprint density at radius 3 is 2.79 bits per heavy atom. The molecule has 1 fully saturated rings. The largest absolute Gasteiger partial charge is 0.368 e. The van der Waals surface area contributed by atoms with Crippen LogP contribution in [0.25, 0.3) is 0 Å². The first-order chi connectivity index (χ1) is 6.43. The van der Waals surface area contributed by atoms with Gasteiger partial charge in [-0.15, -0.1) is 0 Å². The van der Waals surface area contributed by atoms with E-state index in [0.29, 0.717) is 5.75 Å². The van der Waals surface area contributed by atoms with Crippen LogP contribution < -0.4 is 11.1 Å². The molecule has 4 nitrogen and oxygen atoms in total. The van der Waals surface area contributed by atoms with E-state index >= 15 is 0 Å². The van der Waals surface area contributed by atoms with Crippen LogP contribution in [-0.4, -0.2) is 29.4 Å². The highest BCUT2D eigenvalue weighted by atomic mass is 33.1. The van der Waals surface area contributed by atoms with E-state index in [1.807, 2.05) is 13.8 Å². The molecule has 1 aliphatic heterocycles. The van der Waals surface area contributed by atoms with Gasteiger partial charge in [0.1, 0.15) is 6.04 Å². The van der Waals surface area contributed by atoms with Crippen LogP contribution in [0.5, 0.6) is 0 Å². The molecule has 0 bridgehead atoms. The summed E-state index contributed by atoms with van der Waals surface area (Å²) >= 11 is 0. The predicted molar refractivity (Wildman–Crippen MR) is 59.8 cm³/mol. The summed E-state index contributed by atoms with van der Waals surface area (Å²) in [5.41, 5.74) is 4.72. The standard InChI is InChI=1S/C8H14N2O2S2/c1-8(2)4-14-13-3-5(6(9)11)10-7(8)12/h5H,3-4H2,1-2H3,(H2,9,11)(H,10,12)/t5-/m0/s1. The van der Waals surface area contributed by atoms with Crippen molar-refractivity contribution in [3.63, 3.8) is 0 Å². The van der Waals surface area contributed by atoms with Crippen LogP contribution >= 0.6 is 21.6 Å². The lowest BCUT2D eigenvalue weighted by atomic mass is 9.95. The highest BCUT2D eigenvalue weighted by molar-refractivity contribution is 8.76. The normalized spacial score (nSPS) is 27.3. The zero-order valence-corrected chi connectivity index (χ0v) is 9.83. The first kappa shape index (κ1) is 11.7. The van der Waals surface area contributed by atoms with Gasteiger partial charge < -0.3 is 11.1 Å². The topological polar surface area (TPSA) is 72.2 Å². The molecule has 1 saturated heterocycles. The summed E-state index contributed by atoms with van der Waals surface area (Å²) in [5.74, 6) is 0.717. The second-order valence-corrected chi connectivity index (χ2v) is 6.37. The molecule has 3 N–H and O–H groups in total. The zero-order valence-electron chi connectivity index (χ0n) is 8.20. The van der Waals surface area contributed by atoms with Gasteiger partial charge in [-0.2, -0.15) is 0 Å². The van der Waals surface area contributed by atoms with Gasteiger partial charge in [-0.05, 0) is 0 Å². The fourth-order valence-electron chi connectivity index (χ4n) is 0.919. The van der Waals surface area contributed by atoms with Crippen molar-refractivity contribution in [2.45, 2.75) is 19.9 Å². The molecule has 1 heterocycles. The average Bonchev–Trinajstić information content (AvgIpc) is 2.07. The van der Waals surface area contributed by atoms with E-state index in [1.165, 1.54) is 0 Å². The Morgan fingerprint density at radius 1 is 1.57 bits per heavy atom. The summed E-state index contributed by atoms with van der Waals surface area (Å²) in [4.78, 5) is 22.6. The van der Waals surface area contributed by atoms with Gasteiger partial charge in [-0.25, -0.2) is 0 Å². The van der Waals surface area contributed by atoms with Crippen LogP contribution in [-0.2, 0) is 9.59 Å². The van der Waals surface area contributed by atoms with Crippen LogP contribution in [0.4, 0.5) is 0 Å². The maximum absolute atomic E-state index is 11.7. The van der Waals surface area contributed by atoms with Crippen molar-refractivity contribution in [3.8, 4) is 0 Å². The Kier molecular flexibility index (Phi) is 3.71. The van der Waals surface area contributed by atoms with Gasteiger partial charge in [0.25, 0.3) is 0 Å². The van der Waals surface area contributed by atoms with Crippen LogP contribution in [0.15, 0.2) is 0 Å². The fourth-order valence-corrected chi connectivity index (χ4v) is 3.74. The van der Waals surface area contributed by atoms with Crippen LogP contribution in [0.1, 0.15) is 13.8 Å². The fraction of sp³-hybridized carbons (Fsp3) is 0.750. The number of amides is 2. The van der Waals surface area contributed by atoms with E-state index in [0.717, 1.165) is 5.75 Å². The number of hydrogen-bond acceptors (Lipinski definition) is 4. The molecule has 0 unspecified atom stereocenters. The van der Waals surface area contributed by atoms with Crippen molar-refractivity contribution < 1.29 is 9.59 Å². The van der Waals surface area contributed by atoms with E-state index < -0.39 is 17.4 Å². The van der Waals surface area contributed by atoms with Crippen molar-refractivity contribution in [1.82, 2.24) is 5.32 Å². The van der Waals surface area contributed by atoms with Crippen molar-refractivity contribution in [2.24, 2.45) is 11.1 Å². The second-order valence-electron chi connectivity index (χ2n) is 3.86. The summed E-state index contributed by atoms with van der Waals surface area (Å²) in [5, 5.41) is 2.66. The Morgan fingerprint density at radius 2 is 2.21 bits per heavy atom. The van der Waals surface area contributed by atoms with Crippen LogP contribution in [0.2, 0.25) is 0 Å². The van der Waals surface area contributed by atoms with Gasteiger partial charge in [0.05, 0.1) is 5.41 Å². The van der Waals surface area contributed by atoms with Gasteiger partial charge in [0.2, 0.25) is 11.8 Å². The molecule has 0 aromatic heterocycles. The van der Waals surface area contributed by atoms with E-state index in [2.05, 4.69) is 5.32 Å². The molecule has 1 rings (SSSR count). The second kappa shape index (κ2) is 4.44. The highest BCUT2D eigenvalue weighted by Gasteiger charge is 2.32. The monoisotopic (exact) mass is 234 g/mol. The lowest BCUT2D eigenvalue weighted by Crippen LogP contribution is -2.51. The molecular weight excluding hydrogens is 220 g/mol. The smallest absolute Gasteiger partial charge is 0.240 e. The third-order valence-electron chi connectivity index (χ3n) is 2.00. The molecule has 0 aliphatic carbocycles. The molecule has 14 heavy (non-hydrogen) atoms. The Balaban J connectivity index is 2.71. The summed E-state index contributed by atoms with van der Waals surface area (Å²) < 4.78 is 0. The van der Waals surface area contributed by atoms with E-state index in [9.17, 15) is 9.59 Å². The zero-order chi connectivity index (χ0) is 10.8. The third kappa shape index (κ3) is 2.81. The molecule has 1 aliphatic rings. The molecule has 0 spiro atoms. The molecule has 80 valence electrons. The third-order valence-corrected chi connectivity index (χ3v) is 4.74. The minimum absolute atomic E-state index is 0.103. The lowest BCUT2D eigenvalue weighted by Gasteiger charge is -2.28. The first-order valence-corrected chi connectivity index (χ1v) is 6.77. The van der Waals surface area contributed by atoms with Crippen molar-refractivity contribution >= 4 is 33.4 Å². The summed E-state index contributed by atoms with van der Waals surface area (Å²) in [7, 11) is 3.18. The summed E-state index contributed by atoms with van der Waals surface area (Å²) in [6.07, 6.45) is 0. The molecule has 0 saturated carbocycles. The van der Waals surface area contributed by atoms with Gasteiger partial charge in [-0.3, -0.25) is 9.59 Å². The molecule has 0 aromatic carbocycles. The number of nitrogens with two attached hydrogens (primary N) is 1. The average molecular weight is 234 g/mol. The van der Waals surface area contributed by atoms with E-state index in [1.54, 1.807) is 21.6 Å². The number of primary amides is 1. The molecule has 0 aromatic rings. The van der Waals surface area contributed by atoms with E-state index in [4.69, 9.17) is 5.73 Å². The Hall–Kier alpha value is -0.360. The van der Waals surface area contributed by atoms with Gasteiger partial charge in [0.15, 0.2) is 0 Å². The van der Waals surface area contributed by atoms with Crippen molar-refractivity contribution in [1.29, 1.82) is 0 Å². The van der Waals surface area contributed by atoms with E-state index in [-0.39, 0.29) is 5.91 Å². The number of carbonyl (C=O) groups excluding carboxylic acids is 2. The summed E-state index contributed by atoms with van der Waals surface area (Å²) in [6.45, 7) is 3.72. The van der Waals surface area contributed by atoms with Crippen molar-refractivity contribution in [2.75, 3.05) is 11.5 Å². The number of carbonyl (C=O) groups is 2. The Bertz CT molecular complexity index is 256. The maximum Gasteiger partial charge on any atom is 0.240 e. The minimum atomic E-state index is -0.542. The molecular formula is C8H14N2O2S2. The minimum Gasteiger partial charge on any atom is -0.368 e. The first-order valence-electron chi connectivity index (χ1n) is 4.28. The van der Waals surface area contributed by atoms with Crippen molar-refractivity contribution in [3.05, 3.63) is 0 Å².